The molecule has 0 saturated carbocycles. The monoisotopic (exact) mass is 515 g/mol. The molecule has 0 unspecified atom stereocenters. The van der Waals surface area contributed by atoms with Crippen molar-refractivity contribution in [1.82, 2.24) is 4.57 Å². The quantitative estimate of drug-likeness (QED) is 0.354. The van der Waals surface area contributed by atoms with E-state index in [0.717, 1.165) is 28.3 Å². The van der Waals surface area contributed by atoms with Gasteiger partial charge in [-0.3, -0.25) is 9.59 Å². The summed E-state index contributed by atoms with van der Waals surface area (Å²) >= 11 is 0. The lowest BCUT2D eigenvalue weighted by molar-refractivity contribution is -0.138. The largest absolute Gasteiger partial charge is 0.417 e. The highest BCUT2D eigenvalue weighted by Crippen LogP contribution is 2.32. The van der Waals surface area contributed by atoms with Gasteiger partial charge >= 0.3 is 6.18 Å². The number of hydrogen-bond donors (Lipinski definition) is 1. The molecule has 1 aromatic heterocycles. The molecular weight excluding hydrogens is 491 g/mol. The number of pyridine rings is 1. The number of benzene rings is 3. The summed E-state index contributed by atoms with van der Waals surface area (Å²) in [4.78, 5) is 24.8. The van der Waals surface area contributed by atoms with E-state index < -0.39 is 28.8 Å². The van der Waals surface area contributed by atoms with Gasteiger partial charge in [0.25, 0.3) is 5.56 Å². The van der Waals surface area contributed by atoms with Gasteiger partial charge in [0.15, 0.2) is 0 Å². The van der Waals surface area contributed by atoms with E-state index in [2.05, 4.69) is 0 Å². The van der Waals surface area contributed by atoms with Crippen LogP contribution in [0.15, 0.2) is 77.6 Å². The first-order valence-electron chi connectivity index (χ1n) is 11.8. The molecule has 0 aliphatic carbocycles. The zero-order valence-corrected chi connectivity index (χ0v) is 20.8. The molecule has 0 saturated heterocycles. The molecule has 4 rings (SSSR count). The minimum Gasteiger partial charge on any atom is -0.366 e. The third-order valence-corrected chi connectivity index (χ3v) is 6.42. The Morgan fingerprint density at radius 2 is 1.66 bits per heavy atom. The second-order valence-corrected chi connectivity index (χ2v) is 9.18. The van der Waals surface area contributed by atoms with Crippen molar-refractivity contribution >= 4 is 5.91 Å². The predicted molar refractivity (Wildman–Crippen MR) is 139 cm³/mol. The number of carbonyl (C=O) groups is 1. The Kier molecular flexibility index (Phi) is 7.22. The summed E-state index contributed by atoms with van der Waals surface area (Å²) in [5.41, 5.74) is 7.46. The van der Waals surface area contributed by atoms with Crippen LogP contribution in [0.2, 0.25) is 0 Å². The molecule has 4 aromatic rings. The first kappa shape index (κ1) is 26.4. The van der Waals surface area contributed by atoms with Gasteiger partial charge in [-0.15, -0.1) is 0 Å². The molecule has 0 spiro atoms. The number of amides is 1. The summed E-state index contributed by atoms with van der Waals surface area (Å²) in [7, 11) is 0. The number of halogens is 3. The van der Waals surface area contributed by atoms with Crippen LogP contribution < -0.4 is 11.3 Å². The number of nitrogens with zero attached hydrogens (tertiary/aromatic N) is 2. The Hall–Kier alpha value is -4.64. The van der Waals surface area contributed by atoms with Gasteiger partial charge < -0.3 is 10.3 Å². The van der Waals surface area contributed by atoms with E-state index in [1.165, 1.54) is 10.6 Å². The Bertz CT molecular complexity index is 1650. The van der Waals surface area contributed by atoms with Gasteiger partial charge in [0.1, 0.15) is 11.6 Å². The normalized spacial score (nSPS) is 11.3. The lowest BCUT2D eigenvalue weighted by Gasteiger charge is -2.19. The third-order valence-electron chi connectivity index (χ3n) is 6.42. The molecule has 8 heteroatoms. The fourth-order valence-electron chi connectivity index (χ4n) is 4.46. The van der Waals surface area contributed by atoms with Gasteiger partial charge in [0, 0.05) is 17.7 Å². The molecule has 1 amide bonds. The van der Waals surface area contributed by atoms with Crippen LogP contribution in [0.25, 0.3) is 11.1 Å². The minimum absolute atomic E-state index is 0.0122. The zero-order chi connectivity index (χ0) is 27.6. The van der Waals surface area contributed by atoms with Crippen molar-refractivity contribution in [1.29, 1.82) is 5.26 Å². The molecule has 0 aliphatic rings. The van der Waals surface area contributed by atoms with E-state index in [0.29, 0.717) is 16.7 Å². The number of hydrogen-bond acceptors (Lipinski definition) is 3. The Morgan fingerprint density at radius 1 is 0.974 bits per heavy atom. The van der Waals surface area contributed by atoms with Crippen LogP contribution in [0.5, 0.6) is 0 Å². The summed E-state index contributed by atoms with van der Waals surface area (Å²) in [6.07, 6.45) is -4.85. The molecule has 192 valence electrons. The maximum Gasteiger partial charge on any atom is 0.417 e. The number of alkyl halides is 3. The topological polar surface area (TPSA) is 88.9 Å². The van der Waals surface area contributed by atoms with Crippen molar-refractivity contribution in [2.75, 3.05) is 0 Å². The maximum absolute atomic E-state index is 13.9. The number of aromatic nitrogens is 1. The van der Waals surface area contributed by atoms with E-state index in [4.69, 9.17) is 5.73 Å². The molecule has 1 heterocycles. The number of primary amides is 1. The molecule has 0 fully saturated rings. The smallest absolute Gasteiger partial charge is 0.366 e. The second-order valence-electron chi connectivity index (χ2n) is 9.18. The van der Waals surface area contributed by atoms with Crippen LogP contribution in [0.4, 0.5) is 13.2 Å². The fraction of sp³-hybridized carbons (Fsp3) is 0.167. The van der Waals surface area contributed by atoms with Gasteiger partial charge in [-0.25, -0.2) is 0 Å². The molecule has 3 aromatic carbocycles. The first-order chi connectivity index (χ1) is 18.0. The van der Waals surface area contributed by atoms with E-state index in [-0.39, 0.29) is 18.7 Å². The number of aryl methyl sites for hydroxylation is 2. The standard InChI is InChI=1S/C30H24F3N3O2/c1-18-9-10-24(19(2)11-18)17-36-25(15-27(30(31,32)33)26(16-34)29(36)38)13-20-5-3-6-21(12-20)22-7-4-8-23(14-22)28(35)37/h3-12,14-15H,13,17H2,1-2H3,(H2,35,37). The first-order valence-corrected chi connectivity index (χ1v) is 11.8. The average Bonchev–Trinajstić information content (AvgIpc) is 2.87. The van der Waals surface area contributed by atoms with Crippen molar-refractivity contribution in [3.05, 3.63) is 128 Å². The summed E-state index contributed by atoms with van der Waals surface area (Å²) in [5, 5.41) is 9.45. The van der Waals surface area contributed by atoms with Crippen LogP contribution in [0, 0.1) is 25.2 Å². The molecule has 0 bridgehead atoms. The highest BCUT2D eigenvalue weighted by atomic mass is 19.4. The maximum atomic E-state index is 13.9. The molecule has 5 nitrogen and oxygen atoms in total. The van der Waals surface area contributed by atoms with E-state index in [1.807, 2.05) is 38.1 Å². The fourth-order valence-corrected chi connectivity index (χ4v) is 4.46. The van der Waals surface area contributed by atoms with E-state index >= 15 is 0 Å². The van der Waals surface area contributed by atoms with Crippen molar-refractivity contribution in [2.24, 2.45) is 5.73 Å². The molecule has 38 heavy (non-hydrogen) atoms. The van der Waals surface area contributed by atoms with Gasteiger partial charge in [-0.1, -0.05) is 60.2 Å². The number of rotatable bonds is 6. The summed E-state index contributed by atoms with van der Waals surface area (Å²) < 4.78 is 42.8. The lowest BCUT2D eigenvalue weighted by atomic mass is 9.98. The highest BCUT2D eigenvalue weighted by molar-refractivity contribution is 5.94. The van der Waals surface area contributed by atoms with E-state index in [9.17, 15) is 28.0 Å². The van der Waals surface area contributed by atoms with Crippen LogP contribution in [-0.2, 0) is 19.1 Å². The number of nitriles is 1. The van der Waals surface area contributed by atoms with Crippen LogP contribution in [0.1, 0.15) is 49.4 Å². The van der Waals surface area contributed by atoms with Crippen molar-refractivity contribution in [2.45, 2.75) is 33.0 Å². The van der Waals surface area contributed by atoms with Gasteiger partial charge in [0.05, 0.1) is 12.1 Å². The van der Waals surface area contributed by atoms with E-state index in [1.54, 1.807) is 42.5 Å². The Morgan fingerprint density at radius 3 is 2.29 bits per heavy atom. The Labute approximate surface area is 217 Å². The predicted octanol–water partition coefficient (Wildman–Crippen LogP) is 5.76. The van der Waals surface area contributed by atoms with Gasteiger partial charge in [-0.05, 0) is 59.9 Å². The van der Waals surface area contributed by atoms with Crippen LogP contribution in [0.3, 0.4) is 0 Å². The van der Waals surface area contributed by atoms with Crippen LogP contribution in [-0.4, -0.2) is 10.5 Å². The van der Waals surface area contributed by atoms with Crippen molar-refractivity contribution in [3.63, 3.8) is 0 Å². The number of nitrogens with two attached hydrogens (primary N) is 1. The molecular formula is C30H24F3N3O2. The summed E-state index contributed by atoms with van der Waals surface area (Å²) in [6, 6.07) is 21.8. The van der Waals surface area contributed by atoms with Crippen molar-refractivity contribution < 1.29 is 18.0 Å². The lowest BCUT2D eigenvalue weighted by Crippen LogP contribution is -2.30. The van der Waals surface area contributed by atoms with Gasteiger partial charge in [0.2, 0.25) is 5.91 Å². The number of carbonyl (C=O) groups excluding carboxylic acids is 1. The third kappa shape index (κ3) is 5.52. The minimum atomic E-state index is -4.87. The molecule has 0 radical (unpaired) electrons. The van der Waals surface area contributed by atoms with Gasteiger partial charge in [-0.2, -0.15) is 18.4 Å². The molecule has 0 aliphatic heterocycles. The van der Waals surface area contributed by atoms with Crippen LogP contribution >= 0.6 is 0 Å². The SMILES string of the molecule is Cc1ccc(Cn2c(Cc3cccc(-c4cccc(C(N)=O)c4)c3)cc(C(F)(F)F)c(C#N)c2=O)c(C)c1. The van der Waals surface area contributed by atoms with Crippen molar-refractivity contribution in [3.8, 4) is 17.2 Å². The molecule has 0 atom stereocenters. The second kappa shape index (κ2) is 10.4. The summed E-state index contributed by atoms with van der Waals surface area (Å²) in [6.45, 7) is 3.81. The Balaban J connectivity index is 1.84. The summed E-state index contributed by atoms with van der Waals surface area (Å²) in [5.74, 6) is -0.573. The highest BCUT2D eigenvalue weighted by Gasteiger charge is 2.36. The molecule has 2 N–H and O–H groups in total. The average molecular weight is 516 g/mol. The zero-order valence-electron chi connectivity index (χ0n) is 20.8.